The van der Waals surface area contributed by atoms with E-state index in [0.29, 0.717) is 17.7 Å². The highest BCUT2D eigenvalue weighted by molar-refractivity contribution is 7.92. The third-order valence-electron chi connectivity index (χ3n) is 4.24. The topological polar surface area (TPSA) is 66.5 Å². The molecule has 0 spiro atoms. The minimum atomic E-state index is -3.34. The molecule has 0 atom stereocenters. The summed E-state index contributed by atoms with van der Waals surface area (Å²) in [5.74, 6) is -0.178. The number of nitrogens with zero attached hydrogens (tertiary/aromatic N) is 1. The third-order valence-corrected chi connectivity index (χ3v) is 5.43. The molecule has 0 saturated heterocycles. The summed E-state index contributed by atoms with van der Waals surface area (Å²) in [5, 5.41) is 3.06. The molecular weight excluding hydrogens is 348 g/mol. The zero-order valence-corrected chi connectivity index (χ0v) is 16.7. The van der Waals surface area contributed by atoms with Crippen molar-refractivity contribution in [3.63, 3.8) is 0 Å². The molecule has 5 nitrogen and oxygen atoms in total. The van der Waals surface area contributed by atoms with Gasteiger partial charge in [0.1, 0.15) is 0 Å². The predicted octanol–water partition coefficient (Wildman–Crippen LogP) is 3.14. The SMILES string of the molecule is Cc1cc(C(=O)NC(C)(C)Cc2ccccc2)ccc1N(C)S(C)(=O)=O. The largest absolute Gasteiger partial charge is 0.347 e. The molecule has 0 aliphatic heterocycles. The van der Waals surface area contributed by atoms with Crippen molar-refractivity contribution in [3.05, 3.63) is 65.2 Å². The monoisotopic (exact) mass is 374 g/mol. The molecule has 6 heteroatoms. The fraction of sp³-hybridized carbons (Fsp3) is 0.350. The molecular formula is C20H26N2O3S. The minimum absolute atomic E-state index is 0.178. The van der Waals surface area contributed by atoms with Gasteiger partial charge in [-0.05, 0) is 56.5 Å². The summed E-state index contributed by atoms with van der Waals surface area (Å²) >= 11 is 0. The fourth-order valence-corrected chi connectivity index (χ4v) is 3.42. The van der Waals surface area contributed by atoms with Crippen LogP contribution in [0.3, 0.4) is 0 Å². The molecule has 0 saturated carbocycles. The molecule has 0 aliphatic carbocycles. The molecule has 0 aromatic heterocycles. The first kappa shape index (κ1) is 20.0. The van der Waals surface area contributed by atoms with Crippen LogP contribution >= 0.6 is 0 Å². The van der Waals surface area contributed by atoms with Gasteiger partial charge in [-0.15, -0.1) is 0 Å². The Morgan fingerprint density at radius 2 is 1.73 bits per heavy atom. The zero-order chi connectivity index (χ0) is 19.5. The number of aryl methyl sites for hydroxylation is 1. The molecule has 0 radical (unpaired) electrons. The summed E-state index contributed by atoms with van der Waals surface area (Å²) in [6, 6.07) is 15.0. The molecule has 0 unspecified atom stereocenters. The van der Waals surface area contributed by atoms with Crippen molar-refractivity contribution in [2.45, 2.75) is 32.7 Å². The number of anilines is 1. The van der Waals surface area contributed by atoms with E-state index in [1.165, 1.54) is 11.4 Å². The first-order chi connectivity index (χ1) is 12.0. The predicted molar refractivity (Wildman–Crippen MR) is 106 cm³/mol. The molecule has 140 valence electrons. The van der Waals surface area contributed by atoms with Crippen LogP contribution in [-0.4, -0.2) is 33.2 Å². The van der Waals surface area contributed by atoms with Crippen LogP contribution in [0.5, 0.6) is 0 Å². The van der Waals surface area contributed by atoms with Gasteiger partial charge in [0.05, 0.1) is 11.9 Å². The smallest absolute Gasteiger partial charge is 0.251 e. The highest BCUT2D eigenvalue weighted by atomic mass is 32.2. The molecule has 0 heterocycles. The normalized spacial score (nSPS) is 11.9. The second kappa shape index (κ2) is 7.50. The van der Waals surface area contributed by atoms with Gasteiger partial charge < -0.3 is 5.32 Å². The number of hydrogen-bond donors (Lipinski definition) is 1. The summed E-state index contributed by atoms with van der Waals surface area (Å²) in [7, 11) is -1.84. The van der Waals surface area contributed by atoms with E-state index in [1.807, 2.05) is 44.2 Å². The summed E-state index contributed by atoms with van der Waals surface area (Å²) in [6.07, 6.45) is 1.87. The van der Waals surface area contributed by atoms with E-state index < -0.39 is 15.6 Å². The van der Waals surface area contributed by atoms with Crippen LogP contribution < -0.4 is 9.62 Å². The van der Waals surface area contributed by atoms with Gasteiger partial charge in [-0.1, -0.05) is 30.3 Å². The molecule has 26 heavy (non-hydrogen) atoms. The lowest BCUT2D eigenvalue weighted by Crippen LogP contribution is -2.45. The Hall–Kier alpha value is -2.34. The van der Waals surface area contributed by atoms with E-state index in [1.54, 1.807) is 25.1 Å². The Morgan fingerprint density at radius 1 is 1.12 bits per heavy atom. The number of hydrogen-bond acceptors (Lipinski definition) is 3. The molecule has 2 rings (SSSR count). The van der Waals surface area contributed by atoms with Crippen molar-refractivity contribution in [3.8, 4) is 0 Å². The van der Waals surface area contributed by atoms with Crippen molar-refractivity contribution in [2.24, 2.45) is 0 Å². The van der Waals surface area contributed by atoms with Gasteiger partial charge in [-0.3, -0.25) is 9.10 Å². The highest BCUT2D eigenvalue weighted by Crippen LogP contribution is 2.23. The van der Waals surface area contributed by atoms with Gasteiger partial charge >= 0.3 is 0 Å². The van der Waals surface area contributed by atoms with Crippen molar-refractivity contribution < 1.29 is 13.2 Å². The Balaban J connectivity index is 2.16. The number of carbonyl (C=O) groups is 1. The van der Waals surface area contributed by atoms with Gasteiger partial charge in [-0.25, -0.2) is 8.42 Å². The van der Waals surface area contributed by atoms with Crippen LogP contribution in [0.4, 0.5) is 5.69 Å². The van der Waals surface area contributed by atoms with Gasteiger partial charge in [0.15, 0.2) is 0 Å². The summed E-state index contributed by atoms with van der Waals surface area (Å²) in [6.45, 7) is 5.76. The Kier molecular flexibility index (Phi) is 5.76. The van der Waals surface area contributed by atoms with Gasteiger partial charge in [0.2, 0.25) is 10.0 Å². The lowest BCUT2D eigenvalue weighted by molar-refractivity contribution is 0.0913. The Morgan fingerprint density at radius 3 is 2.27 bits per heavy atom. The average molecular weight is 375 g/mol. The molecule has 0 aliphatic rings. The molecule has 1 N–H and O–H groups in total. The first-order valence-corrected chi connectivity index (χ1v) is 10.3. The van der Waals surface area contributed by atoms with E-state index in [-0.39, 0.29) is 5.91 Å². The fourth-order valence-electron chi connectivity index (χ4n) is 2.86. The highest BCUT2D eigenvalue weighted by Gasteiger charge is 2.22. The second-order valence-electron chi connectivity index (χ2n) is 7.23. The Labute approximate surface area is 156 Å². The molecule has 0 fully saturated rings. The van der Waals surface area contributed by atoms with E-state index in [0.717, 1.165) is 17.4 Å². The van der Waals surface area contributed by atoms with Crippen LogP contribution in [0.25, 0.3) is 0 Å². The third kappa shape index (κ3) is 5.08. The van der Waals surface area contributed by atoms with Crippen molar-refractivity contribution >= 4 is 21.6 Å². The van der Waals surface area contributed by atoms with Crippen LogP contribution in [0.2, 0.25) is 0 Å². The maximum atomic E-state index is 12.6. The maximum Gasteiger partial charge on any atom is 0.251 e. The van der Waals surface area contributed by atoms with E-state index >= 15 is 0 Å². The van der Waals surface area contributed by atoms with Crippen molar-refractivity contribution in [2.75, 3.05) is 17.6 Å². The molecule has 2 aromatic rings. The van der Waals surface area contributed by atoms with Gasteiger partial charge in [0.25, 0.3) is 5.91 Å². The number of rotatable bonds is 6. The molecule has 2 aromatic carbocycles. The van der Waals surface area contributed by atoms with Crippen LogP contribution in [0.1, 0.15) is 35.3 Å². The number of sulfonamides is 1. The minimum Gasteiger partial charge on any atom is -0.347 e. The summed E-state index contributed by atoms with van der Waals surface area (Å²) in [4.78, 5) is 12.6. The standard InChI is InChI=1S/C20H26N2O3S/c1-15-13-17(11-12-18(15)22(4)26(5,24)25)19(23)21-20(2,3)14-16-9-7-6-8-10-16/h6-13H,14H2,1-5H3,(H,21,23). The quantitative estimate of drug-likeness (QED) is 0.845. The summed E-state index contributed by atoms with van der Waals surface area (Å²) < 4.78 is 24.6. The van der Waals surface area contributed by atoms with Crippen molar-refractivity contribution in [1.82, 2.24) is 5.32 Å². The van der Waals surface area contributed by atoms with Crippen LogP contribution in [0.15, 0.2) is 48.5 Å². The number of carbonyl (C=O) groups excluding carboxylic acids is 1. The maximum absolute atomic E-state index is 12.6. The zero-order valence-electron chi connectivity index (χ0n) is 15.9. The number of nitrogens with one attached hydrogen (secondary N) is 1. The van der Waals surface area contributed by atoms with Crippen LogP contribution in [0, 0.1) is 6.92 Å². The lowest BCUT2D eigenvalue weighted by Gasteiger charge is -2.27. The average Bonchev–Trinajstić information content (AvgIpc) is 2.53. The molecule has 0 bridgehead atoms. The van der Waals surface area contributed by atoms with Crippen molar-refractivity contribution in [1.29, 1.82) is 0 Å². The second-order valence-corrected chi connectivity index (χ2v) is 9.25. The summed E-state index contributed by atoms with van der Waals surface area (Å²) in [5.41, 5.74) is 2.54. The molecule has 1 amide bonds. The van der Waals surface area contributed by atoms with E-state index in [2.05, 4.69) is 5.32 Å². The first-order valence-electron chi connectivity index (χ1n) is 8.40. The van der Waals surface area contributed by atoms with Crippen LogP contribution in [-0.2, 0) is 16.4 Å². The Bertz CT molecular complexity index is 891. The van der Waals surface area contributed by atoms with Gasteiger partial charge in [0, 0.05) is 18.2 Å². The van der Waals surface area contributed by atoms with E-state index in [4.69, 9.17) is 0 Å². The number of benzene rings is 2. The lowest BCUT2D eigenvalue weighted by atomic mass is 9.94. The van der Waals surface area contributed by atoms with Gasteiger partial charge in [-0.2, -0.15) is 0 Å². The van der Waals surface area contributed by atoms with E-state index in [9.17, 15) is 13.2 Å². The number of amides is 1.